The summed E-state index contributed by atoms with van der Waals surface area (Å²) in [5.41, 5.74) is 4.45. The van der Waals surface area contributed by atoms with Gasteiger partial charge in [0.25, 0.3) is 0 Å². The molecule has 0 saturated heterocycles. The molecule has 1 atom stereocenters. The van der Waals surface area contributed by atoms with Gasteiger partial charge in [0.2, 0.25) is 5.91 Å². The molecule has 0 bridgehead atoms. The van der Waals surface area contributed by atoms with Crippen molar-refractivity contribution in [2.75, 3.05) is 19.8 Å². The van der Waals surface area contributed by atoms with Gasteiger partial charge in [-0.1, -0.05) is 13.8 Å². The Hall–Kier alpha value is -0.650. The molecule has 0 aromatic carbocycles. The van der Waals surface area contributed by atoms with Crippen LogP contribution in [0.15, 0.2) is 0 Å². The van der Waals surface area contributed by atoms with Crippen molar-refractivity contribution in [3.63, 3.8) is 0 Å². The molecule has 90 valence electrons. The highest BCUT2D eigenvalue weighted by Crippen LogP contribution is 2.10. The van der Waals surface area contributed by atoms with E-state index in [0.717, 1.165) is 0 Å². The number of hydrogen-bond donors (Lipinski definition) is 4. The van der Waals surface area contributed by atoms with Crippen LogP contribution < -0.4 is 11.1 Å². The minimum absolute atomic E-state index is 0.176. The maximum atomic E-state index is 11.6. The molecule has 0 aromatic rings. The Kier molecular flexibility index (Phi) is 6.47. The molecule has 5 heteroatoms. The Labute approximate surface area is 90.7 Å². The molecule has 15 heavy (non-hydrogen) atoms. The molecule has 0 aromatic heterocycles. The lowest BCUT2D eigenvalue weighted by atomic mass is 9.96. The van der Waals surface area contributed by atoms with Crippen molar-refractivity contribution in [2.24, 2.45) is 11.7 Å². The highest BCUT2D eigenvalue weighted by atomic mass is 16.3. The molecular weight excluding hydrogens is 196 g/mol. The standard InChI is InChI=1S/C10H22N2O3/c1-3-10(6-13,7-14)12-9(15)8(2)4-5-11/h8,13-14H,3-7,11H2,1-2H3,(H,12,15). The van der Waals surface area contributed by atoms with Gasteiger partial charge in [0.05, 0.1) is 18.8 Å². The Morgan fingerprint density at radius 1 is 1.47 bits per heavy atom. The fourth-order valence-corrected chi connectivity index (χ4v) is 1.21. The number of carbonyl (C=O) groups is 1. The van der Waals surface area contributed by atoms with Crippen LogP contribution in [0.3, 0.4) is 0 Å². The summed E-state index contributed by atoms with van der Waals surface area (Å²) in [5, 5.41) is 20.9. The van der Waals surface area contributed by atoms with E-state index in [1.54, 1.807) is 13.8 Å². The maximum Gasteiger partial charge on any atom is 0.223 e. The smallest absolute Gasteiger partial charge is 0.223 e. The maximum absolute atomic E-state index is 11.6. The number of carbonyl (C=O) groups excluding carboxylic acids is 1. The van der Waals surface area contributed by atoms with E-state index in [2.05, 4.69) is 5.32 Å². The summed E-state index contributed by atoms with van der Waals surface area (Å²) in [6.07, 6.45) is 1.09. The molecule has 0 spiro atoms. The molecule has 0 heterocycles. The van der Waals surface area contributed by atoms with Crippen molar-refractivity contribution in [2.45, 2.75) is 32.2 Å². The van der Waals surface area contributed by atoms with Gasteiger partial charge in [0.1, 0.15) is 0 Å². The zero-order valence-corrected chi connectivity index (χ0v) is 9.49. The number of hydrogen-bond acceptors (Lipinski definition) is 4. The van der Waals surface area contributed by atoms with Crippen LogP contribution in [0, 0.1) is 5.92 Å². The summed E-state index contributed by atoms with van der Waals surface area (Å²) in [6.45, 7) is 3.51. The summed E-state index contributed by atoms with van der Waals surface area (Å²) < 4.78 is 0. The first-order valence-corrected chi connectivity index (χ1v) is 5.29. The molecule has 1 unspecified atom stereocenters. The van der Waals surface area contributed by atoms with Crippen LogP contribution in [0.1, 0.15) is 26.7 Å². The predicted octanol–water partition coefficient (Wildman–Crippen LogP) is -0.779. The Bertz CT molecular complexity index is 185. The Morgan fingerprint density at radius 3 is 2.33 bits per heavy atom. The van der Waals surface area contributed by atoms with Gasteiger partial charge in [-0.05, 0) is 19.4 Å². The number of nitrogens with one attached hydrogen (secondary N) is 1. The van der Waals surface area contributed by atoms with E-state index in [0.29, 0.717) is 19.4 Å². The van der Waals surface area contributed by atoms with E-state index in [1.165, 1.54) is 0 Å². The second kappa shape index (κ2) is 6.76. The van der Waals surface area contributed by atoms with Crippen LogP contribution >= 0.6 is 0 Å². The van der Waals surface area contributed by atoms with Crippen LogP contribution in [-0.2, 0) is 4.79 Å². The van der Waals surface area contributed by atoms with E-state index in [-0.39, 0.29) is 25.0 Å². The minimum Gasteiger partial charge on any atom is -0.394 e. The van der Waals surface area contributed by atoms with Crippen molar-refractivity contribution in [3.8, 4) is 0 Å². The van der Waals surface area contributed by atoms with Crippen LogP contribution in [0.4, 0.5) is 0 Å². The minimum atomic E-state index is -0.903. The molecule has 5 nitrogen and oxygen atoms in total. The predicted molar refractivity (Wildman–Crippen MR) is 58.2 cm³/mol. The van der Waals surface area contributed by atoms with E-state index in [9.17, 15) is 4.79 Å². The van der Waals surface area contributed by atoms with Crippen LogP contribution in [-0.4, -0.2) is 41.4 Å². The van der Waals surface area contributed by atoms with Crippen molar-refractivity contribution < 1.29 is 15.0 Å². The van der Waals surface area contributed by atoms with Gasteiger partial charge in [-0.15, -0.1) is 0 Å². The number of aliphatic hydroxyl groups excluding tert-OH is 2. The van der Waals surface area contributed by atoms with E-state index >= 15 is 0 Å². The number of nitrogens with two attached hydrogens (primary N) is 1. The lowest BCUT2D eigenvalue weighted by Crippen LogP contribution is -2.55. The number of amides is 1. The van der Waals surface area contributed by atoms with Crippen molar-refractivity contribution in [1.82, 2.24) is 5.32 Å². The molecule has 0 radical (unpaired) electrons. The van der Waals surface area contributed by atoms with Crippen LogP contribution in [0.25, 0.3) is 0 Å². The van der Waals surface area contributed by atoms with Gasteiger partial charge in [0.15, 0.2) is 0 Å². The van der Waals surface area contributed by atoms with Gasteiger partial charge in [-0.3, -0.25) is 4.79 Å². The fourth-order valence-electron chi connectivity index (χ4n) is 1.21. The molecule has 5 N–H and O–H groups in total. The van der Waals surface area contributed by atoms with Crippen LogP contribution in [0.2, 0.25) is 0 Å². The third-order valence-corrected chi connectivity index (χ3v) is 2.72. The topological polar surface area (TPSA) is 95.6 Å². The summed E-state index contributed by atoms with van der Waals surface area (Å²) >= 11 is 0. The highest BCUT2D eigenvalue weighted by Gasteiger charge is 2.29. The first-order chi connectivity index (χ1) is 7.05. The quantitative estimate of drug-likeness (QED) is 0.451. The zero-order valence-electron chi connectivity index (χ0n) is 9.49. The largest absolute Gasteiger partial charge is 0.394 e. The van der Waals surface area contributed by atoms with Crippen molar-refractivity contribution in [1.29, 1.82) is 0 Å². The number of aliphatic hydroxyl groups is 2. The van der Waals surface area contributed by atoms with E-state index < -0.39 is 5.54 Å². The Balaban J connectivity index is 4.34. The molecule has 1 amide bonds. The fraction of sp³-hybridized carbons (Fsp3) is 0.900. The average Bonchev–Trinajstić information content (AvgIpc) is 2.26. The monoisotopic (exact) mass is 218 g/mol. The van der Waals surface area contributed by atoms with Gasteiger partial charge in [-0.25, -0.2) is 0 Å². The Morgan fingerprint density at radius 2 is 2.00 bits per heavy atom. The lowest BCUT2D eigenvalue weighted by Gasteiger charge is -2.31. The first-order valence-electron chi connectivity index (χ1n) is 5.29. The highest BCUT2D eigenvalue weighted by molar-refractivity contribution is 5.79. The lowest BCUT2D eigenvalue weighted by molar-refractivity contribution is -0.128. The second-order valence-corrected chi connectivity index (χ2v) is 3.92. The third kappa shape index (κ3) is 4.15. The third-order valence-electron chi connectivity index (χ3n) is 2.72. The molecule has 0 aliphatic heterocycles. The molecular formula is C10H22N2O3. The van der Waals surface area contributed by atoms with Crippen molar-refractivity contribution >= 4 is 5.91 Å². The summed E-state index contributed by atoms with van der Waals surface area (Å²) in [4.78, 5) is 11.6. The molecule has 0 rings (SSSR count). The van der Waals surface area contributed by atoms with Gasteiger partial charge in [0, 0.05) is 5.92 Å². The van der Waals surface area contributed by atoms with Crippen LogP contribution in [0.5, 0.6) is 0 Å². The van der Waals surface area contributed by atoms with Crippen molar-refractivity contribution in [3.05, 3.63) is 0 Å². The second-order valence-electron chi connectivity index (χ2n) is 3.92. The van der Waals surface area contributed by atoms with E-state index in [1.807, 2.05) is 0 Å². The first kappa shape index (κ1) is 14.3. The molecule has 0 saturated carbocycles. The normalized spacial score (nSPS) is 13.7. The van der Waals surface area contributed by atoms with Gasteiger partial charge >= 0.3 is 0 Å². The molecule has 0 aliphatic rings. The SMILES string of the molecule is CCC(CO)(CO)NC(=O)C(C)CCN. The van der Waals surface area contributed by atoms with Gasteiger partial charge < -0.3 is 21.3 Å². The average molecular weight is 218 g/mol. The zero-order chi connectivity index (χ0) is 11.9. The number of rotatable bonds is 7. The van der Waals surface area contributed by atoms with E-state index in [4.69, 9.17) is 15.9 Å². The summed E-state index contributed by atoms with van der Waals surface area (Å²) in [6, 6.07) is 0. The summed E-state index contributed by atoms with van der Waals surface area (Å²) in [5.74, 6) is -0.371. The summed E-state index contributed by atoms with van der Waals surface area (Å²) in [7, 11) is 0. The molecule has 0 aliphatic carbocycles. The van der Waals surface area contributed by atoms with Gasteiger partial charge in [-0.2, -0.15) is 0 Å². The molecule has 0 fully saturated rings.